The summed E-state index contributed by atoms with van der Waals surface area (Å²) in [5.41, 5.74) is 7.18. The number of benzene rings is 1. The second-order valence-corrected chi connectivity index (χ2v) is 6.34. The van der Waals surface area contributed by atoms with E-state index in [9.17, 15) is 9.59 Å². The number of nitrogens with zero attached hydrogens (tertiary/aromatic N) is 4. The molecule has 1 aliphatic heterocycles. The Bertz CT molecular complexity index is 767. The minimum absolute atomic E-state index is 0.157. The summed E-state index contributed by atoms with van der Waals surface area (Å²) in [6.45, 7) is 3.41. The summed E-state index contributed by atoms with van der Waals surface area (Å²) in [5.74, 6) is -0.0358. The monoisotopic (exact) mass is 354 g/mol. The van der Waals surface area contributed by atoms with E-state index in [1.807, 2.05) is 29.2 Å². The minimum Gasteiger partial charge on any atom is -0.366 e. The molecule has 2 amide bonds. The highest BCUT2D eigenvalue weighted by molar-refractivity contribution is 5.92. The molecule has 2 heterocycles. The lowest BCUT2D eigenvalue weighted by atomic mass is 10.1. The molecule has 136 valence electrons. The third kappa shape index (κ3) is 4.54. The predicted molar refractivity (Wildman–Crippen MR) is 98.1 cm³/mol. The Labute approximate surface area is 152 Å². The standard InChI is InChI=1S/C18H22N6O2/c1-23-6-8-24(9-7-23)16(25)10-13-2-4-15(5-3-13)22-18-20-11-14(12-21-18)17(19)26/h2-5,11-12H,6-10H2,1H3,(H2,19,26)(H,20,21,22). The molecule has 0 atom stereocenters. The van der Waals surface area contributed by atoms with Crippen LogP contribution in [-0.4, -0.2) is 64.8 Å². The molecule has 26 heavy (non-hydrogen) atoms. The van der Waals surface area contributed by atoms with Crippen molar-refractivity contribution in [2.45, 2.75) is 6.42 Å². The van der Waals surface area contributed by atoms with Crippen molar-refractivity contribution in [2.24, 2.45) is 5.73 Å². The van der Waals surface area contributed by atoms with Crippen molar-refractivity contribution < 1.29 is 9.59 Å². The molecule has 0 unspecified atom stereocenters. The van der Waals surface area contributed by atoms with E-state index in [-0.39, 0.29) is 11.5 Å². The highest BCUT2D eigenvalue weighted by atomic mass is 16.2. The van der Waals surface area contributed by atoms with Crippen LogP contribution in [0.15, 0.2) is 36.7 Å². The van der Waals surface area contributed by atoms with Gasteiger partial charge in [-0.2, -0.15) is 0 Å². The molecular formula is C18H22N6O2. The van der Waals surface area contributed by atoms with E-state index in [0.717, 1.165) is 37.4 Å². The van der Waals surface area contributed by atoms with Crippen molar-refractivity contribution in [3.05, 3.63) is 47.8 Å². The number of likely N-dealkylation sites (N-methyl/N-ethyl adjacent to an activating group) is 1. The van der Waals surface area contributed by atoms with Crippen LogP contribution in [-0.2, 0) is 11.2 Å². The first-order valence-electron chi connectivity index (χ1n) is 8.45. The predicted octanol–water partition coefficient (Wildman–Crippen LogP) is 0.636. The maximum atomic E-state index is 12.4. The van der Waals surface area contributed by atoms with Gasteiger partial charge in [-0.15, -0.1) is 0 Å². The summed E-state index contributed by atoms with van der Waals surface area (Å²) in [4.78, 5) is 35.6. The molecule has 1 saturated heterocycles. The summed E-state index contributed by atoms with van der Waals surface area (Å²) in [7, 11) is 2.07. The number of rotatable bonds is 5. The van der Waals surface area contributed by atoms with E-state index < -0.39 is 5.91 Å². The van der Waals surface area contributed by atoms with Gasteiger partial charge in [-0.3, -0.25) is 9.59 Å². The molecule has 8 heteroatoms. The molecule has 1 fully saturated rings. The Kier molecular flexibility index (Phi) is 5.43. The zero-order valence-corrected chi connectivity index (χ0v) is 14.7. The fourth-order valence-corrected chi connectivity index (χ4v) is 2.70. The minimum atomic E-state index is -0.564. The van der Waals surface area contributed by atoms with Gasteiger partial charge in [0.1, 0.15) is 0 Å². The number of hydrogen-bond donors (Lipinski definition) is 2. The molecule has 3 rings (SSSR count). The number of carbonyl (C=O) groups excluding carboxylic acids is 2. The molecule has 8 nitrogen and oxygen atoms in total. The van der Waals surface area contributed by atoms with Crippen LogP contribution in [0.1, 0.15) is 15.9 Å². The lowest BCUT2D eigenvalue weighted by Gasteiger charge is -2.32. The van der Waals surface area contributed by atoms with Crippen molar-refractivity contribution in [1.82, 2.24) is 19.8 Å². The second kappa shape index (κ2) is 7.92. The number of hydrogen-bond acceptors (Lipinski definition) is 6. The molecule has 1 aliphatic rings. The summed E-state index contributed by atoms with van der Waals surface area (Å²) < 4.78 is 0. The SMILES string of the molecule is CN1CCN(C(=O)Cc2ccc(Nc3ncc(C(N)=O)cn3)cc2)CC1. The van der Waals surface area contributed by atoms with E-state index in [2.05, 4.69) is 27.2 Å². The highest BCUT2D eigenvalue weighted by Gasteiger charge is 2.18. The van der Waals surface area contributed by atoms with Crippen molar-refractivity contribution in [1.29, 1.82) is 0 Å². The molecule has 3 N–H and O–H groups in total. The average molecular weight is 354 g/mol. The summed E-state index contributed by atoms with van der Waals surface area (Å²) in [6, 6.07) is 7.57. The number of primary amides is 1. The molecule has 0 spiro atoms. The van der Waals surface area contributed by atoms with Crippen LogP contribution >= 0.6 is 0 Å². The molecule has 0 aliphatic carbocycles. The maximum absolute atomic E-state index is 12.4. The Hall–Kier alpha value is -3.00. The van der Waals surface area contributed by atoms with Gasteiger partial charge in [-0.25, -0.2) is 9.97 Å². The zero-order valence-electron chi connectivity index (χ0n) is 14.7. The quantitative estimate of drug-likeness (QED) is 0.816. The van der Waals surface area contributed by atoms with Gasteiger partial charge in [0.25, 0.3) is 5.91 Å². The second-order valence-electron chi connectivity index (χ2n) is 6.34. The van der Waals surface area contributed by atoms with Crippen LogP contribution in [0, 0.1) is 0 Å². The first kappa shape index (κ1) is 17.8. The van der Waals surface area contributed by atoms with Gasteiger partial charge in [-0.05, 0) is 24.7 Å². The van der Waals surface area contributed by atoms with Crippen molar-refractivity contribution >= 4 is 23.5 Å². The van der Waals surface area contributed by atoms with Crippen molar-refractivity contribution in [3.8, 4) is 0 Å². The van der Waals surface area contributed by atoms with Crippen molar-refractivity contribution in [2.75, 3.05) is 38.5 Å². The fourth-order valence-electron chi connectivity index (χ4n) is 2.70. The molecule has 1 aromatic carbocycles. The molecule has 0 bridgehead atoms. The van der Waals surface area contributed by atoms with E-state index in [1.54, 1.807) is 0 Å². The van der Waals surface area contributed by atoms with Crippen molar-refractivity contribution in [3.63, 3.8) is 0 Å². The van der Waals surface area contributed by atoms with E-state index in [1.165, 1.54) is 12.4 Å². The average Bonchev–Trinajstić information content (AvgIpc) is 2.64. The Morgan fingerprint density at radius 3 is 2.27 bits per heavy atom. The Balaban J connectivity index is 1.56. The molecule has 2 aromatic rings. The van der Waals surface area contributed by atoms with Gasteiger partial charge >= 0.3 is 0 Å². The summed E-state index contributed by atoms with van der Waals surface area (Å²) in [5, 5.41) is 3.04. The van der Waals surface area contributed by atoms with E-state index >= 15 is 0 Å². The lowest BCUT2D eigenvalue weighted by Crippen LogP contribution is -2.47. The van der Waals surface area contributed by atoms with Gasteiger partial charge in [-0.1, -0.05) is 12.1 Å². The first-order valence-corrected chi connectivity index (χ1v) is 8.45. The lowest BCUT2D eigenvalue weighted by molar-refractivity contribution is -0.132. The summed E-state index contributed by atoms with van der Waals surface area (Å²) in [6.07, 6.45) is 3.15. The maximum Gasteiger partial charge on any atom is 0.251 e. The van der Waals surface area contributed by atoms with Crippen LogP contribution in [0.4, 0.5) is 11.6 Å². The largest absolute Gasteiger partial charge is 0.366 e. The summed E-state index contributed by atoms with van der Waals surface area (Å²) >= 11 is 0. The van der Waals surface area contributed by atoms with Gasteiger partial charge < -0.3 is 20.9 Å². The van der Waals surface area contributed by atoms with Gasteiger partial charge in [0, 0.05) is 44.3 Å². The number of nitrogens with two attached hydrogens (primary N) is 1. The molecule has 1 aromatic heterocycles. The smallest absolute Gasteiger partial charge is 0.251 e. The number of carbonyl (C=O) groups is 2. The van der Waals surface area contributed by atoms with Crippen LogP contribution in [0.25, 0.3) is 0 Å². The fraction of sp³-hybridized carbons (Fsp3) is 0.333. The highest BCUT2D eigenvalue weighted by Crippen LogP contribution is 2.15. The first-order chi connectivity index (χ1) is 12.5. The van der Waals surface area contributed by atoms with Crippen LogP contribution in [0.3, 0.4) is 0 Å². The van der Waals surface area contributed by atoms with Crippen LogP contribution in [0.5, 0.6) is 0 Å². The van der Waals surface area contributed by atoms with E-state index in [4.69, 9.17) is 5.73 Å². The molecule has 0 radical (unpaired) electrons. The number of piperazine rings is 1. The topological polar surface area (TPSA) is 104 Å². The normalized spacial score (nSPS) is 14.9. The van der Waals surface area contributed by atoms with Gasteiger partial charge in [0.15, 0.2) is 0 Å². The van der Waals surface area contributed by atoms with E-state index in [0.29, 0.717) is 12.4 Å². The zero-order chi connectivity index (χ0) is 18.5. The molecular weight excluding hydrogens is 332 g/mol. The van der Waals surface area contributed by atoms with Crippen LogP contribution in [0.2, 0.25) is 0 Å². The van der Waals surface area contributed by atoms with Gasteiger partial charge in [0.2, 0.25) is 11.9 Å². The Morgan fingerprint density at radius 1 is 1.08 bits per heavy atom. The number of anilines is 2. The third-order valence-corrected chi connectivity index (χ3v) is 4.36. The number of aromatic nitrogens is 2. The number of nitrogens with one attached hydrogen (secondary N) is 1. The molecule has 0 saturated carbocycles. The van der Waals surface area contributed by atoms with Crippen LogP contribution < -0.4 is 11.1 Å². The Morgan fingerprint density at radius 2 is 1.69 bits per heavy atom. The third-order valence-electron chi connectivity index (χ3n) is 4.36. The number of amides is 2. The van der Waals surface area contributed by atoms with Gasteiger partial charge in [0.05, 0.1) is 12.0 Å².